The van der Waals surface area contributed by atoms with Crippen molar-refractivity contribution in [1.29, 1.82) is 5.26 Å². The average molecular weight is 694 g/mol. The summed E-state index contributed by atoms with van der Waals surface area (Å²) in [5.41, 5.74) is 2.55. The monoisotopic (exact) mass is 693 g/mol. The van der Waals surface area contributed by atoms with Gasteiger partial charge >= 0.3 is 6.09 Å². The molecule has 0 saturated carbocycles. The lowest BCUT2D eigenvalue weighted by Crippen LogP contribution is -2.51. The first kappa shape index (κ1) is 36.1. The molecule has 2 saturated heterocycles. The number of amides is 1. The zero-order valence-corrected chi connectivity index (χ0v) is 28.6. The van der Waals surface area contributed by atoms with E-state index in [4.69, 9.17) is 24.2 Å². The molecule has 1 amide bonds. The average Bonchev–Trinajstić information content (AvgIpc) is 3.70. The summed E-state index contributed by atoms with van der Waals surface area (Å²) in [6.45, 7) is 6.15. The molecule has 0 spiro atoms. The van der Waals surface area contributed by atoms with Gasteiger partial charge in [0, 0.05) is 13.1 Å². The van der Waals surface area contributed by atoms with Crippen LogP contribution in [-0.2, 0) is 37.3 Å². The molecule has 5 unspecified atom stereocenters. The van der Waals surface area contributed by atoms with Crippen LogP contribution in [0.25, 0.3) is 0 Å². The Morgan fingerprint density at radius 2 is 1.86 bits per heavy atom. The number of rotatable bonds is 14. The number of hydrogen-bond donors (Lipinski definition) is 3. The molecule has 262 valence electrons. The third-order valence-electron chi connectivity index (χ3n) is 8.62. The predicted octanol–water partition coefficient (Wildman–Crippen LogP) is 4.26. The highest BCUT2D eigenvalue weighted by Gasteiger charge is 2.44. The number of fused-ring (bicyclic) bond motifs is 1. The van der Waals surface area contributed by atoms with Crippen LogP contribution in [0.5, 0.6) is 11.5 Å². The number of aliphatic hydroxyl groups excluding tert-OH is 1. The summed E-state index contributed by atoms with van der Waals surface area (Å²) in [5, 5.41) is 33.5. The highest BCUT2D eigenvalue weighted by atomic mass is 32.2. The van der Waals surface area contributed by atoms with E-state index < -0.39 is 40.7 Å². The number of aliphatic hydroxyl groups is 1. The van der Waals surface area contributed by atoms with Crippen molar-refractivity contribution in [1.82, 2.24) is 9.62 Å². The summed E-state index contributed by atoms with van der Waals surface area (Å²) in [6, 6.07) is 19.5. The summed E-state index contributed by atoms with van der Waals surface area (Å²) in [7, 11) is -4.08. The van der Waals surface area contributed by atoms with Crippen molar-refractivity contribution in [3.8, 4) is 17.6 Å². The van der Waals surface area contributed by atoms with E-state index in [1.807, 2.05) is 19.9 Å². The fourth-order valence-corrected chi connectivity index (χ4v) is 7.69. The molecule has 5 rings (SSSR count). The van der Waals surface area contributed by atoms with Gasteiger partial charge in [-0.1, -0.05) is 38.1 Å². The van der Waals surface area contributed by atoms with E-state index in [1.165, 1.54) is 22.5 Å². The maximum atomic E-state index is 13.8. The first-order valence-corrected chi connectivity index (χ1v) is 17.8. The van der Waals surface area contributed by atoms with Crippen LogP contribution in [0.15, 0.2) is 71.6 Å². The maximum absolute atomic E-state index is 13.8. The quantitative estimate of drug-likeness (QED) is 0.222. The second-order valence-electron chi connectivity index (χ2n) is 12.9. The van der Waals surface area contributed by atoms with E-state index >= 15 is 0 Å². The number of nitrogens with one attached hydrogen (secondary N) is 1. The van der Waals surface area contributed by atoms with Gasteiger partial charge in [0.25, 0.3) is 0 Å². The van der Waals surface area contributed by atoms with Crippen molar-refractivity contribution in [3.63, 3.8) is 0 Å². The number of sulfonamides is 1. The van der Waals surface area contributed by atoms with E-state index in [2.05, 4.69) is 11.4 Å². The Morgan fingerprint density at radius 1 is 1.08 bits per heavy atom. The lowest BCUT2D eigenvalue weighted by atomic mass is 10.0. The standard InChI is InChI=1S/C36H43N3O9S/c1-23(2)19-39(49(43,44)29-11-12-32(40)24(3)15-29)20-33(41)31(38-36(42)48-34-22-47-35-30(34)13-14-45-35)17-25-7-9-28(10-8-25)46-21-27-6-4-5-26(16-27)18-37/h4-12,15-16,23,30-31,33-35,40-41H,13-14,17,19-22H2,1-3H3,(H,38,42). The van der Waals surface area contributed by atoms with Crippen molar-refractivity contribution in [2.75, 3.05) is 26.3 Å². The number of phenolic OH excluding ortho intramolecular Hbond substituents is 1. The van der Waals surface area contributed by atoms with Crippen LogP contribution in [0.2, 0.25) is 0 Å². The smallest absolute Gasteiger partial charge is 0.407 e. The maximum Gasteiger partial charge on any atom is 0.407 e. The third-order valence-corrected chi connectivity index (χ3v) is 10.4. The van der Waals surface area contributed by atoms with Gasteiger partial charge in [0.15, 0.2) is 6.29 Å². The molecule has 2 heterocycles. The Labute approximate surface area is 287 Å². The zero-order chi connectivity index (χ0) is 35.1. The summed E-state index contributed by atoms with van der Waals surface area (Å²) >= 11 is 0. The summed E-state index contributed by atoms with van der Waals surface area (Å²) in [5.74, 6) is 0.411. The molecule has 49 heavy (non-hydrogen) atoms. The second kappa shape index (κ2) is 16.0. The SMILES string of the molecule is Cc1cc(S(=O)(=O)N(CC(C)C)CC(O)C(Cc2ccc(OCc3cccc(C#N)c3)cc2)NC(=O)OC2COC3OCCC23)ccc1O. The van der Waals surface area contributed by atoms with Crippen LogP contribution in [-0.4, -0.2) is 79.9 Å². The summed E-state index contributed by atoms with van der Waals surface area (Å²) < 4.78 is 51.6. The Kier molecular flexibility index (Phi) is 11.8. The van der Waals surface area contributed by atoms with Crippen molar-refractivity contribution in [2.45, 2.75) is 69.7 Å². The first-order chi connectivity index (χ1) is 23.4. The normalized spacial score (nSPS) is 20.1. The van der Waals surface area contributed by atoms with Gasteiger partial charge in [0.05, 0.1) is 47.8 Å². The topological polar surface area (TPSA) is 168 Å². The zero-order valence-electron chi connectivity index (χ0n) is 27.8. The van der Waals surface area contributed by atoms with Gasteiger partial charge in [0.2, 0.25) is 10.0 Å². The Hall–Kier alpha value is -4.19. The number of ether oxygens (including phenoxy) is 4. The molecule has 13 heteroatoms. The lowest BCUT2D eigenvalue weighted by molar-refractivity contribution is -0.0907. The first-order valence-electron chi connectivity index (χ1n) is 16.3. The molecule has 0 aliphatic carbocycles. The molecular formula is C36H43N3O9S. The predicted molar refractivity (Wildman–Crippen MR) is 179 cm³/mol. The molecule has 3 aromatic carbocycles. The van der Waals surface area contributed by atoms with Crippen molar-refractivity contribution >= 4 is 16.1 Å². The molecule has 0 radical (unpaired) electrons. The van der Waals surface area contributed by atoms with E-state index in [-0.39, 0.29) is 55.2 Å². The van der Waals surface area contributed by atoms with Gasteiger partial charge in [-0.3, -0.25) is 0 Å². The molecule has 3 aromatic rings. The molecule has 0 aromatic heterocycles. The number of carbonyl (C=O) groups excluding carboxylic acids is 1. The van der Waals surface area contributed by atoms with Crippen LogP contribution in [0.1, 0.15) is 42.5 Å². The minimum Gasteiger partial charge on any atom is -0.508 e. The molecule has 2 aliphatic rings. The number of aryl methyl sites for hydroxylation is 1. The molecule has 2 fully saturated rings. The summed E-state index contributed by atoms with van der Waals surface area (Å²) in [4.78, 5) is 13.2. The highest BCUT2D eigenvalue weighted by molar-refractivity contribution is 7.89. The van der Waals surface area contributed by atoms with Gasteiger partial charge in [0.1, 0.15) is 24.2 Å². The van der Waals surface area contributed by atoms with Crippen LogP contribution in [0.3, 0.4) is 0 Å². The molecule has 3 N–H and O–H groups in total. The number of alkyl carbamates (subject to hydrolysis) is 1. The fourth-order valence-electron chi connectivity index (χ4n) is 5.98. The van der Waals surface area contributed by atoms with Crippen molar-refractivity contribution in [2.24, 2.45) is 11.8 Å². The van der Waals surface area contributed by atoms with E-state index in [0.717, 1.165) is 11.1 Å². The van der Waals surface area contributed by atoms with Crippen molar-refractivity contribution in [3.05, 3.63) is 89.0 Å². The summed E-state index contributed by atoms with van der Waals surface area (Å²) in [6.07, 6.45) is -2.14. The number of benzene rings is 3. The van der Waals surface area contributed by atoms with E-state index in [1.54, 1.807) is 49.4 Å². The number of nitriles is 1. The second-order valence-corrected chi connectivity index (χ2v) is 14.8. The molecule has 5 atom stereocenters. The minimum absolute atomic E-state index is 0.0101. The number of hydrogen-bond acceptors (Lipinski definition) is 10. The van der Waals surface area contributed by atoms with E-state index in [0.29, 0.717) is 29.9 Å². The molecule has 2 aliphatic heterocycles. The van der Waals surface area contributed by atoms with Gasteiger partial charge < -0.3 is 34.5 Å². The molecule has 0 bridgehead atoms. The number of aromatic hydroxyl groups is 1. The Morgan fingerprint density at radius 3 is 2.57 bits per heavy atom. The third kappa shape index (κ3) is 9.29. The largest absolute Gasteiger partial charge is 0.508 e. The van der Waals surface area contributed by atoms with Crippen LogP contribution < -0.4 is 10.1 Å². The Bertz CT molecular complexity index is 1740. The fraction of sp³-hybridized carbons (Fsp3) is 0.444. The Balaban J connectivity index is 1.32. The highest BCUT2D eigenvalue weighted by Crippen LogP contribution is 2.33. The molecular weight excluding hydrogens is 650 g/mol. The number of carbonyl (C=O) groups is 1. The van der Waals surface area contributed by atoms with Gasteiger partial charge in [-0.25, -0.2) is 13.2 Å². The minimum atomic E-state index is -4.08. The van der Waals surface area contributed by atoms with Crippen LogP contribution in [0.4, 0.5) is 4.79 Å². The van der Waals surface area contributed by atoms with Crippen molar-refractivity contribution < 1.29 is 42.4 Å². The lowest BCUT2D eigenvalue weighted by Gasteiger charge is -2.31. The molecule has 12 nitrogen and oxygen atoms in total. The number of phenols is 1. The van der Waals surface area contributed by atoms with Gasteiger partial charge in [-0.15, -0.1) is 0 Å². The van der Waals surface area contributed by atoms with Crippen LogP contribution in [0, 0.1) is 30.1 Å². The van der Waals surface area contributed by atoms with Gasteiger partial charge in [-0.05, 0) is 84.8 Å². The van der Waals surface area contributed by atoms with E-state index in [9.17, 15) is 23.4 Å². The van der Waals surface area contributed by atoms with Crippen LogP contribution >= 0.6 is 0 Å². The van der Waals surface area contributed by atoms with Gasteiger partial charge in [-0.2, -0.15) is 9.57 Å². The number of nitrogens with zero attached hydrogens (tertiary/aromatic N) is 2.